The molecule has 0 radical (unpaired) electrons. The van der Waals surface area contributed by atoms with Crippen LogP contribution in [-0.2, 0) is 0 Å². The molecule has 0 amide bonds. The van der Waals surface area contributed by atoms with Gasteiger partial charge in [-0.25, -0.2) is 4.79 Å². The second-order valence-electron chi connectivity index (χ2n) is 4.23. The summed E-state index contributed by atoms with van der Waals surface area (Å²) in [7, 11) is 0. The lowest BCUT2D eigenvalue weighted by molar-refractivity contribution is 0.0698. The van der Waals surface area contributed by atoms with Gasteiger partial charge in [-0.2, -0.15) is 0 Å². The largest absolute Gasteiger partial charge is 0.478 e. The zero-order valence-corrected chi connectivity index (χ0v) is 11.4. The fourth-order valence-corrected chi connectivity index (χ4v) is 2.78. The van der Waals surface area contributed by atoms with Crippen molar-refractivity contribution in [1.29, 1.82) is 0 Å². The van der Waals surface area contributed by atoms with Gasteiger partial charge in [-0.15, -0.1) is 11.3 Å². The fourth-order valence-electron chi connectivity index (χ4n) is 1.92. The van der Waals surface area contributed by atoms with Gasteiger partial charge in [0.1, 0.15) is 0 Å². The molecule has 0 aliphatic heterocycles. The Balaban J connectivity index is 2.31. The van der Waals surface area contributed by atoms with Crippen LogP contribution in [-0.4, -0.2) is 11.1 Å². The Labute approximate surface area is 115 Å². The SMILES string of the molecule is CCC(Nc1cc(N)ccc1C(=O)O)c1cccs1. The predicted octanol–water partition coefficient (Wildman–Crippen LogP) is 3.59. The van der Waals surface area contributed by atoms with Gasteiger partial charge in [0.2, 0.25) is 0 Å². The van der Waals surface area contributed by atoms with Crippen LogP contribution in [0.5, 0.6) is 0 Å². The molecule has 2 rings (SSSR count). The van der Waals surface area contributed by atoms with Gasteiger partial charge >= 0.3 is 5.97 Å². The van der Waals surface area contributed by atoms with E-state index < -0.39 is 5.97 Å². The van der Waals surface area contributed by atoms with Crippen LogP contribution >= 0.6 is 11.3 Å². The average molecular weight is 276 g/mol. The maximum Gasteiger partial charge on any atom is 0.337 e. The number of nitrogens with one attached hydrogen (secondary N) is 1. The standard InChI is InChI=1S/C14H16N2O2S/c1-2-11(13-4-3-7-19-13)16-12-8-9(15)5-6-10(12)14(17)18/h3-8,11,16H,2,15H2,1H3,(H,17,18). The summed E-state index contributed by atoms with van der Waals surface area (Å²) in [6.07, 6.45) is 0.869. The molecule has 0 aliphatic rings. The summed E-state index contributed by atoms with van der Waals surface area (Å²) >= 11 is 1.65. The summed E-state index contributed by atoms with van der Waals surface area (Å²) in [5.41, 5.74) is 7.09. The van der Waals surface area contributed by atoms with Crippen LogP contribution in [0.4, 0.5) is 11.4 Å². The molecule has 2 aromatic rings. The van der Waals surface area contributed by atoms with E-state index in [-0.39, 0.29) is 11.6 Å². The average Bonchev–Trinajstić information content (AvgIpc) is 2.89. The molecule has 1 aromatic heterocycles. The van der Waals surface area contributed by atoms with E-state index in [1.807, 2.05) is 17.5 Å². The normalized spacial score (nSPS) is 12.1. The van der Waals surface area contributed by atoms with Crippen LogP contribution in [0.25, 0.3) is 0 Å². The first-order chi connectivity index (χ1) is 9.11. The third kappa shape index (κ3) is 3.06. The molecule has 5 heteroatoms. The number of benzene rings is 1. The van der Waals surface area contributed by atoms with Crippen LogP contribution in [0.1, 0.15) is 34.6 Å². The molecule has 0 saturated heterocycles. The second kappa shape index (κ2) is 5.75. The highest BCUT2D eigenvalue weighted by Gasteiger charge is 2.15. The zero-order valence-electron chi connectivity index (χ0n) is 10.6. The van der Waals surface area contributed by atoms with E-state index in [0.717, 1.165) is 6.42 Å². The van der Waals surface area contributed by atoms with Crippen LogP contribution in [0, 0.1) is 0 Å². The van der Waals surface area contributed by atoms with Crippen LogP contribution < -0.4 is 11.1 Å². The first-order valence-corrected chi connectivity index (χ1v) is 6.92. The summed E-state index contributed by atoms with van der Waals surface area (Å²) in [6, 6.07) is 8.92. The first kappa shape index (κ1) is 13.4. The van der Waals surface area contributed by atoms with E-state index in [1.54, 1.807) is 23.5 Å². The van der Waals surface area contributed by atoms with E-state index in [0.29, 0.717) is 11.4 Å². The molecular formula is C14H16N2O2S. The number of nitrogens with two attached hydrogens (primary N) is 1. The Morgan fingerprint density at radius 1 is 1.47 bits per heavy atom. The Morgan fingerprint density at radius 2 is 2.26 bits per heavy atom. The molecule has 1 aromatic carbocycles. The van der Waals surface area contributed by atoms with Gasteiger partial charge < -0.3 is 16.2 Å². The van der Waals surface area contributed by atoms with Gasteiger partial charge in [-0.05, 0) is 36.1 Å². The molecule has 1 atom stereocenters. The van der Waals surface area contributed by atoms with E-state index in [1.165, 1.54) is 10.9 Å². The van der Waals surface area contributed by atoms with Gasteiger partial charge in [-0.3, -0.25) is 0 Å². The van der Waals surface area contributed by atoms with E-state index in [9.17, 15) is 9.90 Å². The van der Waals surface area contributed by atoms with Crippen LogP contribution in [0.15, 0.2) is 35.7 Å². The van der Waals surface area contributed by atoms with Gasteiger partial charge in [-0.1, -0.05) is 13.0 Å². The summed E-state index contributed by atoms with van der Waals surface area (Å²) < 4.78 is 0. The maximum absolute atomic E-state index is 11.2. The Bertz CT molecular complexity index is 567. The Morgan fingerprint density at radius 3 is 2.84 bits per heavy atom. The number of carboxylic acid groups (broad SMARTS) is 1. The highest BCUT2D eigenvalue weighted by Crippen LogP contribution is 2.29. The maximum atomic E-state index is 11.2. The number of aromatic carboxylic acids is 1. The minimum atomic E-state index is -0.955. The second-order valence-corrected chi connectivity index (χ2v) is 5.21. The van der Waals surface area contributed by atoms with E-state index in [2.05, 4.69) is 12.2 Å². The lowest BCUT2D eigenvalue weighted by Crippen LogP contribution is -2.12. The minimum Gasteiger partial charge on any atom is -0.478 e. The molecule has 0 spiro atoms. The monoisotopic (exact) mass is 276 g/mol. The number of thiophene rings is 1. The van der Waals surface area contributed by atoms with Crippen molar-refractivity contribution < 1.29 is 9.90 Å². The highest BCUT2D eigenvalue weighted by atomic mass is 32.1. The minimum absolute atomic E-state index is 0.0971. The molecule has 19 heavy (non-hydrogen) atoms. The van der Waals surface area contributed by atoms with Crippen molar-refractivity contribution in [3.63, 3.8) is 0 Å². The molecule has 4 N–H and O–H groups in total. The lowest BCUT2D eigenvalue weighted by atomic mass is 10.1. The number of carboxylic acids is 1. The van der Waals surface area contributed by atoms with Crippen LogP contribution in [0.3, 0.4) is 0 Å². The number of rotatable bonds is 5. The molecule has 0 aliphatic carbocycles. The molecule has 0 fully saturated rings. The summed E-state index contributed by atoms with van der Waals surface area (Å²) in [6.45, 7) is 2.06. The quantitative estimate of drug-likeness (QED) is 0.729. The number of nitrogen functional groups attached to an aromatic ring is 1. The van der Waals surface area contributed by atoms with Crippen molar-refractivity contribution in [2.75, 3.05) is 11.1 Å². The number of carbonyl (C=O) groups is 1. The van der Waals surface area contributed by atoms with Crippen molar-refractivity contribution in [2.24, 2.45) is 0 Å². The third-order valence-corrected chi connectivity index (χ3v) is 3.88. The smallest absolute Gasteiger partial charge is 0.337 e. The Kier molecular flexibility index (Phi) is 4.06. The summed E-state index contributed by atoms with van der Waals surface area (Å²) in [4.78, 5) is 12.4. The van der Waals surface area contributed by atoms with E-state index in [4.69, 9.17) is 5.73 Å². The van der Waals surface area contributed by atoms with Crippen molar-refractivity contribution in [3.05, 3.63) is 46.2 Å². The summed E-state index contributed by atoms with van der Waals surface area (Å²) in [5.74, 6) is -0.955. The zero-order chi connectivity index (χ0) is 13.8. The number of hydrogen-bond acceptors (Lipinski definition) is 4. The van der Waals surface area contributed by atoms with Gasteiger partial charge in [0.15, 0.2) is 0 Å². The summed E-state index contributed by atoms with van der Waals surface area (Å²) in [5, 5.41) is 14.5. The van der Waals surface area contributed by atoms with Gasteiger partial charge in [0.05, 0.1) is 17.3 Å². The topological polar surface area (TPSA) is 75.3 Å². The molecular weight excluding hydrogens is 260 g/mol. The van der Waals surface area contributed by atoms with Gasteiger partial charge in [0.25, 0.3) is 0 Å². The molecule has 0 saturated carbocycles. The molecule has 4 nitrogen and oxygen atoms in total. The first-order valence-electron chi connectivity index (χ1n) is 6.04. The molecule has 1 unspecified atom stereocenters. The third-order valence-electron chi connectivity index (χ3n) is 2.90. The lowest BCUT2D eigenvalue weighted by Gasteiger charge is -2.18. The highest BCUT2D eigenvalue weighted by molar-refractivity contribution is 7.10. The van der Waals surface area contributed by atoms with Crippen molar-refractivity contribution in [1.82, 2.24) is 0 Å². The van der Waals surface area contributed by atoms with Crippen molar-refractivity contribution >= 4 is 28.7 Å². The Hall–Kier alpha value is -2.01. The van der Waals surface area contributed by atoms with Gasteiger partial charge in [0, 0.05) is 10.6 Å². The van der Waals surface area contributed by atoms with Crippen molar-refractivity contribution in [3.8, 4) is 0 Å². The fraction of sp³-hybridized carbons (Fsp3) is 0.214. The predicted molar refractivity (Wildman–Crippen MR) is 78.8 cm³/mol. The molecule has 1 heterocycles. The molecule has 0 bridgehead atoms. The number of hydrogen-bond donors (Lipinski definition) is 3. The molecule has 100 valence electrons. The van der Waals surface area contributed by atoms with Crippen LogP contribution in [0.2, 0.25) is 0 Å². The number of anilines is 2. The van der Waals surface area contributed by atoms with Crippen molar-refractivity contribution in [2.45, 2.75) is 19.4 Å². The van der Waals surface area contributed by atoms with E-state index >= 15 is 0 Å².